The van der Waals surface area contributed by atoms with Crippen LogP contribution in [0.1, 0.15) is 24.2 Å². The Bertz CT molecular complexity index is 587. The van der Waals surface area contributed by atoms with Crippen molar-refractivity contribution in [1.29, 1.82) is 0 Å². The first-order valence-corrected chi connectivity index (χ1v) is 7.45. The Morgan fingerprint density at radius 3 is 2.86 bits per heavy atom. The van der Waals surface area contributed by atoms with Crippen LogP contribution in [0.4, 0.5) is 0 Å². The van der Waals surface area contributed by atoms with Crippen LogP contribution in [0.15, 0.2) is 24.5 Å². The number of amides is 1. The highest BCUT2D eigenvalue weighted by Crippen LogP contribution is 2.21. The van der Waals surface area contributed by atoms with Crippen LogP contribution in [0.5, 0.6) is 0 Å². The van der Waals surface area contributed by atoms with Crippen LogP contribution in [-0.4, -0.2) is 27.6 Å². The Labute approximate surface area is 133 Å². The van der Waals surface area contributed by atoms with Gasteiger partial charge in [-0.15, -0.1) is 0 Å². The minimum atomic E-state index is 0.0126. The molecule has 1 heterocycles. The van der Waals surface area contributed by atoms with Gasteiger partial charge in [0, 0.05) is 29.4 Å². The fraction of sp³-hybridized carbons (Fsp3) is 0.357. The molecule has 0 fully saturated rings. The van der Waals surface area contributed by atoms with Gasteiger partial charge in [-0.05, 0) is 30.5 Å². The van der Waals surface area contributed by atoms with Gasteiger partial charge in [0.25, 0.3) is 0 Å². The number of nitrogens with zero attached hydrogens (tertiary/aromatic N) is 2. The van der Waals surface area contributed by atoms with E-state index >= 15 is 0 Å². The van der Waals surface area contributed by atoms with Gasteiger partial charge in [0.2, 0.25) is 5.91 Å². The van der Waals surface area contributed by atoms with Crippen LogP contribution in [0.25, 0.3) is 0 Å². The van der Waals surface area contributed by atoms with E-state index in [0.29, 0.717) is 29.4 Å². The van der Waals surface area contributed by atoms with Crippen LogP contribution in [0, 0.1) is 0 Å². The van der Waals surface area contributed by atoms with Crippen molar-refractivity contribution in [2.45, 2.75) is 25.7 Å². The van der Waals surface area contributed by atoms with Crippen molar-refractivity contribution in [2.75, 3.05) is 6.54 Å². The smallest absolute Gasteiger partial charge is 0.220 e. The first-order valence-electron chi connectivity index (χ1n) is 6.70. The predicted octanol–water partition coefficient (Wildman–Crippen LogP) is 2.79. The lowest BCUT2D eigenvalue weighted by Gasteiger charge is -2.06. The first kappa shape index (κ1) is 15.8. The second kappa shape index (κ2) is 8.00. The molecule has 0 saturated heterocycles. The first-order chi connectivity index (χ1) is 10.1. The molecule has 0 aliphatic rings. The molecule has 5 nitrogen and oxygen atoms in total. The number of aromatic amines is 1. The highest BCUT2D eigenvalue weighted by Gasteiger charge is 2.06. The van der Waals surface area contributed by atoms with Gasteiger partial charge in [0.05, 0.1) is 0 Å². The maximum Gasteiger partial charge on any atom is 0.220 e. The van der Waals surface area contributed by atoms with Crippen molar-refractivity contribution in [3.8, 4) is 0 Å². The Balaban J connectivity index is 1.65. The maximum atomic E-state index is 11.7. The van der Waals surface area contributed by atoms with Crippen LogP contribution >= 0.6 is 23.2 Å². The molecule has 0 aliphatic heterocycles. The molecule has 21 heavy (non-hydrogen) atoms. The van der Waals surface area contributed by atoms with Gasteiger partial charge >= 0.3 is 0 Å². The van der Waals surface area contributed by atoms with Crippen molar-refractivity contribution < 1.29 is 4.79 Å². The van der Waals surface area contributed by atoms with Crippen LogP contribution in [0.2, 0.25) is 10.0 Å². The van der Waals surface area contributed by atoms with Gasteiger partial charge in [0.15, 0.2) is 0 Å². The third-order valence-corrected chi connectivity index (χ3v) is 3.60. The normalized spacial score (nSPS) is 10.6. The molecule has 2 rings (SSSR count). The second-order valence-electron chi connectivity index (χ2n) is 4.62. The molecule has 7 heteroatoms. The van der Waals surface area contributed by atoms with Gasteiger partial charge in [0.1, 0.15) is 12.2 Å². The van der Waals surface area contributed by atoms with Crippen molar-refractivity contribution >= 4 is 29.1 Å². The van der Waals surface area contributed by atoms with Crippen LogP contribution in [0.3, 0.4) is 0 Å². The summed E-state index contributed by atoms with van der Waals surface area (Å²) in [6.07, 6.45) is 4.07. The van der Waals surface area contributed by atoms with E-state index in [9.17, 15) is 4.79 Å². The number of aromatic nitrogens is 3. The van der Waals surface area contributed by atoms with E-state index in [1.54, 1.807) is 12.1 Å². The van der Waals surface area contributed by atoms with E-state index in [4.69, 9.17) is 23.2 Å². The zero-order chi connectivity index (χ0) is 15.1. The molecule has 1 aromatic heterocycles. The Hall–Kier alpha value is -1.59. The average Bonchev–Trinajstić information content (AvgIpc) is 2.96. The van der Waals surface area contributed by atoms with E-state index in [-0.39, 0.29) is 5.91 Å². The molecule has 0 spiro atoms. The topological polar surface area (TPSA) is 70.7 Å². The number of hydrogen-bond acceptors (Lipinski definition) is 3. The van der Waals surface area contributed by atoms with E-state index in [0.717, 1.165) is 24.2 Å². The van der Waals surface area contributed by atoms with E-state index < -0.39 is 0 Å². The number of carbonyl (C=O) groups excluding carboxylic acids is 1. The highest BCUT2D eigenvalue weighted by molar-refractivity contribution is 6.35. The summed E-state index contributed by atoms with van der Waals surface area (Å²) in [5.74, 6) is 0.843. The lowest BCUT2D eigenvalue weighted by molar-refractivity contribution is -0.121. The lowest BCUT2D eigenvalue weighted by Crippen LogP contribution is -2.25. The van der Waals surface area contributed by atoms with Gasteiger partial charge in [-0.1, -0.05) is 29.3 Å². The second-order valence-corrected chi connectivity index (χ2v) is 5.47. The quantitative estimate of drug-likeness (QED) is 0.768. The molecule has 0 bridgehead atoms. The standard InChI is InChI=1S/C14H16Cl2N4O/c15-11-5-3-10(12(16)8-11)4-6-14(21)17-7-1-2-13-18-9-19-20-13/h3,5,8-9H,1-2,4,6-7H2,(H,17,21)(H,18,19,20). The summed E-state index contributed by atoms with van der Waals surface area (Å²) in [4.78, 5) is 15.8. The van der Waals surface area contributed by atoms with Crippen molar-refractivity contribution in [3.05, 3.63) is 46.0 Å². The molecular weight excluding hydrogens is 311 g/mol. The minimum absolute atomic E-state index is 0.0126. The summed E-state index contributed by atoms with van der Waals surface area (Å²) in [6, 6.07) is 5.31. The number of nitrogens with one attached hydrogen (secondary N) is 2. The maximum absolute atomic E-state index is 11.7. The highest BCUT2D eigenvalue weighted by atomic mass is 35.5. The van der Waals surface area contributed by atoms with Crippen molar-refractivity contribution in [3.63, 3.8) is 0 Å². The Morgan fingerprint density at radius 2 is 2.14 bits per heavy atom. The molecule has 2 N–H and O–H groups in total. The molecule has 0 radical (unpaired) electrons. The third kappa shape index (κ3) is 5.36. The predicted molar refractivity (Wildman–Crippen MR) is 82.5 cm³/mol. The summed E-state index contributed by atoms with van der Waals surface area (Å²) in [5, 5.41) is 10.6. The number of carbonyl (C=O) groups is 1. The molecule has 0 saturated carbocycles. The van der Waals surface area contributed by atoms with Gasteiger partial charge < -0.3 is 5.32 Å². The fourth-order valence-corrected chi connectivity index (χ4v) is 2.40. The summed E-state index contributed by atoms with van der Waals surface area (Å²) < 4.78 is 0. The Kier molecular flexibility index (Phi) is 6.02. The molecule has 0 atom stereocenters. The molecule has 1 aromatic carbocycles. The average molecular weight is 327 g/mol. The molecule has 2 aromatic rings. The van der Waals surface area contributed by atoms with Crippen LogP contribution < -0.4 is 5.32 Å². The van der Waals surface area contributed by atoms with Crippen molar-refractivity contribution in [1.82, 2.24) is 20.5 Å². The summed E-state index contributed by atoms with van der Waals surface area (Å²) in [6.45, 7) is 0.619. The number of rotatable bonds is 7. The molecule has 112 valence electrons. The summed E-state index contributed by atoms with van der Waals surface area (Å²) >= 11 is 11.9. The van der Waals surface area contributed by atoms with Gasteiger partial charge in [-0.25, -0.2) is 4.98 Å². The Morgan fingerprint density at radius 1 is 1.29 bits per heavy atom. The van der Waals surface area contributed by atoms with Gasteiger partial charge in [-0.2, -0.15) is 5.10 Å². The summed E-state index contributed by atoms with van der Waals surface area (Å²) in [7, 11) is 0. The SMILES string of the molecule is O=C(CCc1ccc(Cl)cc1Cl)NCCCc1ncn[nH]1. The molecule has 0 unspecified atom stereocenters. The number of halogens is 2. The fourth-order valence-electron chi connectivity index (χ4n) is 1.90. The zero-order valence-electron chi connectivity index (χ0n) is 11.4. The number of H-pyrrole nitrogens is 1. The van der Waals surface area contributed by atoms with E-state index in [2.05, 4.69) is 20.5 Å². The van der Waals surface area contributed by atoms with Crippen molar-refractivity contribution in [2.24, 2.45) is 0 Å². The molecular formula is C14H16Cl2N4O. The van der Waals surface area contributed by atoms with E-state index in [1.165, 1.54) is 6.33 Å². The van der Waals surface area contributed by atoms with E-state index in [1.807, 2.05) is 6.07 Å². The largest absolute Gasteiger partial charge is 0.356 e. The number of hydrogen-bond donors (Lipinski definition) is 2. The van der Waals surface area contributed by atoms with Gasteiger partial charge in [-0.3, -0.25) is 9.89 Å². The summed E-state index contributed by atoms with van der Waals surface area (Å²) in [5.41, 5.74) is 0.929. The monoisotopic (exact) mass is 326 g/mol. The third-order valence-electron chi connectivity index (χ3n) is 3.01. The number of benzene rings is 1. The minimum Gasteiger partial charge on any atom is -0.356 e. The van der Waals surface area contributed by atoms with Crippen LogP contribution in [-0.2, 0) is 17.6 Å². The molecule has 0 aliphatic carbocycles. The number of aryl methyl sites for hydroxylation is 2. The molecule has 1 amide bonds. The lowest BCUT2D eigenvalue weighted by atomic mass is 10.1. The zero-order valence-corrected chi connectivity index (χ0v) is 12.9.